The van der Waals surface area contributed by atoms with Gasteiger partial charge in [-0.15, -0.1) is 0 Å². The second-order valence-corrected chi connectivity index (χ2v) is 7.81. The fourth-order valence-corrected chi connectivity index (χ4v) is 2.21. The molecule has 0 radical (unpaired) electrons. The van der Waals surface area contributed by atoms with Crippen LogP contribution in [0.15, 0.2) is 6.07 Å². The Hall–Kier alpha value is -2.31. The van der Waals surface area contributed by atoms with Gasteiger partial charge in [0, 0.05) is 11.6 Å². The molecule has 0 fully saturated rings. The molecule has 0 atom stereocenters. The minimum atomic E-state index is -1.17. The zero-order valence-corrected chi connectivity index (χ0v) is 16.0. The average molecular weight is 355 g/mol. The Morgan fingerprint density at radius 1 is 1.08 bits per heavy atom. The van der Waals surface area contributed by atoms with Crippen LogP contribution < -0.4 is 4.90 Å². The van der Waals surface area contributed by atoms with Crippen molar-refractivity contribution in [2.45, 2.75) is 66.5 Å². The molecular weight excluding hydrogens is 329 g/mol. The lowest BCUT2D eigenvalue weighted by atomic mass is 10.00. The number of nitrogens with zero attached hydrogens (tertiary/aromatic N) is 1. The van der Waals surface area contributed by atoms with Crippen molar-refractivity contribution in [2.75, 3.05) is 4.90 Å². The van der Waals surface area contributed by atoms with E-state index in [0.29, 0.717) is 11.1 Å². The molecule has 0 heterocycles. The SMILES string of the molecule is Cc1c(O)cc(F)c(N(C(=O)OC(=O)OC(C)(C)C)C(C)(C)C)c1C. The Balaban J connectivity index is 3.32. The molecule has 1 aromatic rings. The second-order valence-electron chi connectivity index (χ2n) is 7.81. The van der Waals surface area contributed by atoms with E-state index in [2.05, 4.69) is 0 Å². The summed E-state index contributed by atoms with van der Waals surface area (Å²) in [4.78, 5) is 25.4. The van der Waals surface area contributed by atoms with Crippen LogP contribution in [0.3, 0.4) is 0 Å². The van der Waals surface area contributed by atoms with Gasteiger partial charge < -0.3 is 14.6 Å². The Labute approximate surface area is 147 Å². The van der Waals surface area contributed by atoms with Gasteiger partial charge in [0.25, 0.3) is 0 Å². The number of hydrogen-bond acceptors (Lipinski definition) is 5. The largest absolute Gasteiger partial charge is 0.517 e. The molecule has 0 aliphatic rings. The van der Waals surface area contributed by atoms with E-state index in [1.165, 1.54) is 0 Å². The van der Waals surface area contributed by atoms with Gasteiger partial charge in [-0.05, 0) is 66.5 Å². The van der Waals surface area contributed by atoms with Crippen molar-refractivity contribution in [2.24, 2.45) is 0 Å². The zero-order chi connectivity index (χ0) is 19.7. The fourth-order valence-electron chi connectivity index (χ4n) is 2.21. The molecule has 0 bridgehead atoms. The highest BCUT2D eigenvalue weighted by atomic mass is 19.1. The topological polar surface area (TPSA) is 76.1 Å². The van der Waals surface area contributed by atoms with Crippen LogP contribution in [-0.4, -0.2) is 28.5 Å². The molecule has 0 aliphatic carbocycles. The van der Waals surface area contributed by atoms with E-state index >= 15 is 0 Å². The number of benzene rings is 1. The first-order chi connectivity index (χ1) is 11.1. The number of ether oxygens (including phenoxy) is 2. The lowest BCUT2D eigenvalue weighted by molar-refractivity contribution is 0.00953. The standard InChI is InChI=1S/C18H26FNO5/c1-10-11(2)14(12(19)9-13(10)21)20(17(3,4)5)15(22)24-16(23)25-18(6,7)8/h9,21H,1-8H3. The van der Waals surface area contributed by atoms with Crippen LogP contribution in [0.2, 0.25) is 0 Å². The van der Waals surface area contributed by atoms with Crippen LogP contribution in [0.4, 0.5) is 19.7 Å². The van der Waals surface area contributed by atoms with Crippen molar-refractivity contribution in [3.8, 4) is 5.75 Å². The van der Waals surface area contributed by atoms with Gasteiger partial charge in [0.2, 0.25) is 0 Å². The van der Waals surface area contributed by atoms with Gasteiger partial charge >= 0.3 is 12.2 Å². The molecule has 1 aromatic carbocycles. The summed E-state index contributed by atoms with van der Waals surface area (Å²) in [5.41, 5.74) is -0.991. The first kappa shape index (κ1) is 20.7. The molecule has 1 amide bonds. The molecule has 0 unspecified atom stereocenters. The van der Waals surface area contributed by atoms with Gasteiger partial charge in [0.05, 0.1) is 5.69 Å². The first-order valence-corrected chi connectivity index (χ1v) is 7.89. The molecule has 0 aliphatic heterocycles. The molecule has 6 nitrogen and oxygen atoms in total. The maximum absolute atomic E-state index is 14.5. The van der Waals surface area contributed by atoms with Crippen molar-refractivity contribution in [1.82, 2.24) is 0 Å². The molecule has 1 rings (SSSR count). The summed E-state index contributed by atoms with van der Waals surface area (Å²) < 4.78 is 24.2. The van der Waals surface area contributed by atoms with E-state index in [4.69, 9.17) is 9.47 Å². The summed E-state index contributed by atoms with van der Waals surface area (Å²) in [5.74, 6) is -1.01. The van der Waals surface area contributed by atoms with E-state index in [1.54, 1.807) is 55.4 Å². The van der Waals surface area contributed by atoms with Crippen molar-refractivity contribution in [3.63, 3.8) is 0 Å². The number of carbonyl (C=O) groups excluding carboxylic acids is 2. The van der Waals surface area contributed by atoms with Gasteiger partial charge in [-0.1, -0.05) is 0 Å². The smallest absolute Gasteiger partial charge is 0.508 e. The molecular formula is C18H26FNO5. The Morgan fingerprint density at radius 2 is 1.60 bits per heavy atom. The quantitative estimate of drug-likeness (QED) is 0.577. The summed E-state index contributed by atoms with van der Waals surface area (Å²) in [5, 5.41) is 9.75. The number of phenolic OH excluding ortho intramolecular Hbond substituents is 1. The van der Waals surface area contributed by atoms with Gasteiger partial charge in [-0.25, -0.2) is 14.0 Å². The Morgan fingerprint density at radius 3 is 2.04 bits per heavy atom. The first-order valence-electron chi connectivity index (χ1n) is 7.89. The highest BCUT2D eigenvalue weighted by Crippen LogP contribution is 2.36. The van der Waals surface area contributed by atoms with E-state index in [0.717, 1.165) is 11.0 Å². The van der Waals surface area contributed by atoms with Crippen LogP contribution in [0.25, 0.3) is 0 Å². The third kappa shape index (κ3) is 5.08. The van der Waals surface area contributed by atoms with Gasteiger partial charge in [0.1, 0.15) is 11.4 Å². The third-order valence-electron chi connectivity index (χ3n) is 3.43. The fraction of sp³-hybridized carbons (Fsp3) is 0.556. The predicted octanol–water partition coefficient (Wildman–Crippen LogP) is 4.82. The third-order valence-corrected chi connectivity index (χ3v) is 3.43. The molecule has 25 heavy (non-hydrogen) atoms. The summed E-state index contributed by atoms with van der Waals surface area (Å²) in [6.45, 7) is 13.1. The van der Waals surface area contributed by atoms with Crippen molar-refractivity contribution in [3.05, 3.63) is 23.0 Å². The number of aromatic hydroxyl groups is 1. The highest BCUT2D eigenvalue weighted by Gasteiger charge is 2.35. The van der Waals surface area contributed by atoms with Crippen molar-refractivity contribution in [1.29, 1.82) is 0 Å². The predicted molar refractivity (Wildman–Crippen MR) is 92.5 cm³/mol. The average Bonchev–Trinajstić information content (AvgIpc) is 2.37. The van der Waals surface area contributed by atoms with Crippen LogP contribution >= 0.6 is 0 Å². The lowest BCUT2D eigenvalue weighted by Gasteiger charge is -2.36. The van der Waals surface area contributed by atoms with E-state index in [1.807, 2.05) is 0 Å². The minimum absolute atomic E-state index is 0.0589. The lowest BCUT2D eigenvalue weighted by Crippen LogP contribution is -2.48. The highest BCUT2D eigenvalue weighted by molar-refractivity contribution is 5.95. The zero-order valence-electron chi connectivity index (χ0n) is 16.0. The molecule has 0 saturated heterocycles. The molecule has 0 spiro atoms. The second kappa shape index (κ2) is 6.90. The van der Waals surface area contributed by atoms with Crippen molar-refractivity contribution >= 4 is 17.9 Å². The molecule has 1 N–H and O–H groups in total. The van der Waals surface area contributed by atoms with E-state index < -0.39 is 29.2 Å². The van der Waals surface area contributed by atoms with Crippen molar-refractivity contribution < 1.29 is 28.6 Å². The summed E-state index contributed by atoms with van der Waals surface area (Å²) in [6, 6.07) is 0.928. The summed E-state index contributed by atoms with van der Waals surface area (Å²) in [6.07, 6.45) is -2.23. The number of hydrogen-bond donors (Lipinski definition) is 1. The van der Waals surface area contributed by atoms with Crippen LogP contribution in [0, 0.1) is 19.7 Å². The molecule has 0 aromatic heterocycles. The van der Waals surface area contributed by atoms with E-state index in [9.17, 15) is 19.1 Å². The molecule has 7 heteroatoms. The number of carbonyl (C=O) groups is 2. The Kier molecular flexibility index (Phi) is 5.72. The number of halogens is 1. The Bertz CT molecular complexity index is 686. The molecule has 140 valence electrons. The molecule has 0 saturated carbocycles. The van der Waals surface area contributed by atoms with Gasteiger partial charge in [-0.3, -0.25) is 4.90 Å². The minimum Gasteiger partial charge on any atom is -0.508 e. The number of amides is 1. The van der Waals surface area contributed by atoms with Gasteiger partial charge in [0.15, 0.2) is 5.82 Å². The van der Waals surface area contributed by atoms with E-state index in [-0.39, 0.29) is 11.4 Å². The van der Waals surface area contributed by atoms with Crippen LogP contribution in [-0.2, 0) is 9.47 Å². The summed E-state index contributed by atoms with van der Waals surface area (Å²) >= 11 is 0. The number of rotatable bonds is 1. The number of phenols is 1. The maximum atomic E-state index is 14.5. The number of anilines is 1. The monoisotopic (exact) mass is 355 g/mol. The van der Waals surface area contributed by atoms with Crippen LogP contribution in [0.1, 0.15) is 52.7 Å². The normalized spacial score (nSPS) is 11.9. The maximum Gasteiger partial charge on any atom is 0.517 e. The summed E-state index contributed by atoms with van der Waals surface area (Å²) in [7, 11) is 0. The van der Waals surface area contributed by atoms with Gasteiger partial charge in [-0.2, -0.15) is 0 Å². The van der Waals surface area contributed by atoms with Crippen LogP contribution in [0.5, 0.6) is 5.75 Å².